The highest BCUT2D eigenvalue weighted by Crippen LogP contribution is 2.42. The van der Waals surface area contributed by atoms with E-state index in [2.05, 4.69) is 9.80 Å². The van der Waals surface area contributed by atoms with Crippen molar-refractivity contribution in [3.05, 3.63) is 0 Å². The van der Waals surface area contributed by atoms with Gasteiger partial charge in [-0.2, -0.15) is 0 Å². The summed E-state index contributed by atoms with van der Waals surface area (Å²) < 4.78 is 57.3. The molecular weight excluding hydrogens is 780 g/mol. The number of morpholine rings is 1. The molecule has 4 saturated heterocycles. The number of ether oxygens (including phenoxy) is 9. The van der Waals surface area contributed by atoms with Crippen molar-refractivity contribution in [1.29, 1.82) is 0 Å². The van der Waals surface area contributed by atoms with Gasteiger partial charge in [-0.25, -0.2) is 0 Å². The number of Topliss-reactive ketones (excluding diaryl/α,β-unsaturated/α-hetero) is 1. The first kappa shape index (κ1) is 50.8. The van der Waals surface area contributed by atoms with Gasteiger partial charge in [-0.15, -0.1) is 0 Å². The molecule has 0 amide bonds. The molecule has 60 heavy (non-hydrogen) atoms. The molecule has 0 aromatic heterocycles. The second-order valence-electron chi connectivity index (χ2n) is 18.9. The minimum atomic E-state index is -1.97. The summed E-state index contributed by atoms with van der Waals surface area (Å²) in [7, 11) is 7.12. The van der Waals surface area contributed by atoms with Crippen LogP contribution in [0.1, 0.15) is 102 Å². The minimum Gasteiger partial charge on any atom is -0.459 e. The average Bonchev–Trinajstić information content (AvgIpc) is 3.20. The van der Waals surface area contributed by atoms with Crippen LogP contribution in [0.25, 0.3) is 0 Å². The topological polar surface area (TPSA) is 181 Å². The van der Waals surface area contributed by atoms with Crippen molar-refractivity contribution in [3.63, 3.8) is 0 Å². The highest BCUT2D eigenvalue weighted by atomic mass is 16.7. The molecule has 4 heterocycles. The summed E-state index contributed by atoms with van der Waals surface area (Å²) in [6.45, 7) is 21.8. The van der Waals surface area contributed by atoms with Gasteiger partial charge in [-0.3, -0.25) is 19.3 Å². The number of nitrogens with zero attached hydrogens (tertiary/aromatic N) is 2. The predicted octanol–water partition coefficient (Wildman–Crippen LogP) is 3.35. The number of carbonyl (C=O) groups excluding carboxylic acids is 3. The summed E-state index contributed by atoms with van der Waals surface area (Å²) in [6, 6.07) is -0.163. The molecule has 0 aromatic carbocycles. The number of hydrogen-bond acceptors (Lipinski definition) is 16. The molecule has 0 unspecified atom stereocenters. The molecule has 0 spiro atoms. The number of esters is 2. The number of likely N-dealkylation sites (N-methyl/N-ethyl adjacent to an activating group) is 1. The molecule has 4 fully saturated rings. The number of aliphatic hydroxyl groups excluding tert-OH is 1. The summed E-state index contributed by atoms with van der Waals surface area (Å²) in [5.74, 6) is -4.80. The van der Waals surface area contributed by atoms with Crippen molar-refractivity contribution in [3.8, 4) is 0 Å². The third-order valence-electron chi connectivity index (χ3n) is 14.0. The highest BCUT2D eigenvalue weighted by molar-refractivity contribution is 5.83. The Morgan fingerprint density at radius 1 is 0.900 bits per heavy atom. The van der Waals surface area contributed by atoms with Crippen molar-refractivity contribution in [2.24, 2.45) is 23.7 Å². The average molecular weight is 859 g/mol. The van der Waals surface area contributed by atoms with E-state index in [-0.39, 0.29) is 43.2 Å². The molecule has 18 atom stereocenters. The molecule has 4 aliphatic heterocycles. The standard InChI is InChI=1S/C44H78N2O14/c1-16-32-44(11,51)37(49)26(4)35(48)24(2)22-42(9,52-14)38(60-41-34(45(12)13)31(21-25(3)55-41)46-17-19-54-20-18-46)27(5)36(28(6)40(50)58-32)59-33-23-43(10,53-15)39(29(7)56-33)57-30(8)47/h24-29,31-34,36-39,41,49,51H,16-23H2,1-15H3/t24-,25-,26+,27+,28-,29+,31-,32-,33+,34+,36+,37-,38-,39+,41+,42+,43-,44-/m1/s1. The summed E-state index contributed by atoms with van der Waals surface area (Å²) in [5.41, 5.74) is -4.20. The first-order chi connectivity index (χ1) is 28.0. The molecule has 0 radical (unpaired) electrons. The summed E-state index contributed by atoms with van der Waals surface area (Å²) >= 11 is 0. The lowest BCUT2D eigenvalue weighted by molar-refractivity contribution is -0.316. The zero-order valence-electron chi connectivity index (χ0n) is 39.0. The smallest absolute Gasteiger partial charge is 0.311 e. The van der Waals surface area contributed by atoms with E-state index in [1.807, 2.05) is 41.8 Å². The van der Waals surface area contributed by atoms with Crippen LogP contribution in [0.4, 0.5) is 0 Å². The second-order valence-corrected chi connectivity index (χ2v) is 18.9. The molecule has 0 aromatic rings. The van der Waals surface area contributed by atoms with E-state index < -0.39 is 102 Å². The SMILES string of the molecule is CC[C@H]1OC(=O)[C@H](C)[C@@H](O[C@H]2C[C@@](C)(OC)[C@@H](OC(C)=O)[C@H](C)O2)[C@H](C)[C@@H](O[C@@H]2O[C@H](C)C[C@@H](N3CCOCC3)[C@@H]2N(C)C)[C@@](C)(OC)C[C@@H](C)C(=O)[C@H](C)[C@@H](O)[C@]1(C)O. The van der Waals surface area contributed by atoms with Crippen LogP contribution in [-0.2, 0) is 57.0 Å². The van der Waals surface area contributed by atoms with Crippen molar-refractivity contribution >= 4 is 17.7 Å². The van der Waals surface area contributed by atoms with Crippen molar-refractivity contribution in [2.75, 3.05) is 54.6 Å². The largest absolute Gasteiger partial charge is 0.459 e. The van der Waals surface area contributed by atoms with Gasteiger partial charge in [0.1, 0.15) is 23.1 Å². The number of carbonyl (C=O) groups is 3. The first-order valence-electron chi connectivity index (χ1n) is 22.0. The van der Waals surface area contributed by atoms with E-state index >= 15 is 0 Å². The van der Waals surface area contributed by atoms with Gasteiger partial charge in [0, 0.05) is 64.4 Å². The van der Waals surface area contributed by atoms with Crippen molar-refractivity contribution in [1.82, 2.24) is 9.80 Å². The van der Waals surface area contributed by atoms with E-state index in [0.29, 0.717) is 13.2 Å². The van der Waals surface area contributed by atoms with E-state index in [0.717, 1.165) is 19.5 Å². The van der Waals surface area contributed by atoms with Gasteiger partial charge in [-0.05, 0) is 74.9 Å². The third kappa shape index (κ3) is 11.1. The van der Waals surface area contributed by atoms with Crippen LogP contribution in [-0.4, -0.2) is 177 Å². The Morgan fingerprint density at radius 3 is 2.05 bits per heavy atom. The molecule has 0 aliphatic carbocycles. The summed E-state index contributed by atoms with van der Waals surface area (Å²) in [5, 5.41) is 23.4. The number of hydrogen-bond donors (Lipinski definition) is 2. The number of cyclic esters (lactones) is 1. The fraction of sp³-hybridized carbons (Fsp3) is 0.932. The number of methoxy groups -OCH3 is 2. The van der Waals surface area contributed by atoms with Crippen LogP contribution in [0.3, 0.4) is 0 Å². The lowest BCUT2D eigenvalue weighted by Gasteiger charge is -2.52. The Kier molecular flexibility index (Phi) is 17.6. The highest BCUT2D eigenvalue weighted by Gasteiger charge is 2.55. The summed E-state index contributed by atoms with van der Waals surface area (Å²) in [6.07, 6.45) is -6.66. The van der Waals surface area contributed by atoms with Gasteiger partial charge in [0.25, 0.3) is 0 Å². The Labute approximate surface area is 358 Å². The van der Waals surface area contributed by atoms with Crippen LogP contribution in [0.2, 0.25) is 0 Å². The molecule has 0 saturated carbocycles. The maximum absolute atomic E-state index is 14.5. The van der Waals surface area contributed by atoms with E-state index in [9.17, 15) is 24.6 Å². The molecule has 4 rings (SSSR count). The quantitative estimate of drug-likeness (QED) is 0.305. The fourth-order valence-electron chi connectivity index (χ4n) is 10.3. The second kappa shape index (κ2) is 20.8. The van der Waals surface area contributed by atoms with Gasteiger partial charge < -0.3 is 57.7 Å². The van der Waals surface area contributed by atoms with Crippen molar-refractivity contribution < 1.29 is 67.2 Å². The minimum absolute atomic E-state index is 0.0665. The Bertz CT molecular complexity index is 1430. The van der Waals surface area contributed by atoms with Crippen LogP contribution in [0.5, 0.6) is 0 Å². The number of aliphatic hydroxyl groups is 2. The fourth-order valence-corrected chi connectivity index (χ4v) is 10.3. The zero-order valence-corrected chi connectivity index (χ0v) is 39.0. The van der Waals surface area contributed by atoms with Crippen molar-refractivity contribution in [2.45, 2.75) is 186 Å². The van der Waals surface area contributed by atoms with Gasteiger partial charge in [0.2, 0.25) is 0 Å². The molecular formula is C44H78N2O14. The molecule has 4 aliphatic rings. The Balaban J connectivity index is 1.88. The van der Waals surface area contributed by atoms with E-state index in [4.69, 9.17) is 42.6 Å². The van der Waals surface area contributed by atoms with Gasteiger partial charge in [0.15, 0.2) is 18.7 Å². The summed E-state index contributed by atoms with van der Waals surface area (Å²) in [4.78, 5) is 45.4. The zero-order chi connectivity index (χ0) is 45.1. The predicted molar refractivity (Wildman–Crippen MR) is 221 cm³/mol. The number of rotatable bonds is 10. The maximum Gasteiger partial charge on any atom is 0.311 e. The lowest BCUT2D eigenvalue weighted by Crippen LogP contribution is -2.65. The van der Waals surface area contributed by atoms with Gasteiger partial charge in [-0.1, -0.05) is 27.7 Å². The molecule has 16 heteroatoms. The van der Waals surface area contributed by atoms with Crippen LogP contribution in [0, 0.1) is 23.7 Å². The number of ketones is 1. The van der Waals surface area contributed by atoms with Gasteiger partial charge >= 0.3 is 11.9 Å². The third-order valence-corrected chi connectivity index (χ3v) is 14.0. The van der Waals surface area contributed by atoms with Crippen LogP contribution in [0.15, 0.2) is 0 Å². The Morgan fingerprint density at radius 2 is 1.50 bits per heavy atom. The monoisotopic (exact) mass is 859 g/mol. The van der Waals surface area contributed by atoms with Crippen LogP contribution >= 0.6 is 0 Å². The normalized spacial score (nSPS) is 45.8. The van der Waals surface area contributed by atoms with E-state index in [1.165, 1.54) is 21.0 Å². The van der Waals surface area contributed by atoms with Gasteiger partial charge in [0.05, 0.1) is 61.3 Å². The Hall–Kier alpha value is -1.83. The lowest BCUT2D eigenvalue weighted by atomic mass is 9.73. The molecule has 2 N–H and O–H groups in total. The maximum atomic E-state index is 14.5. The molecule has 0 bridgehead atoms. The molecule has 348 valence electrons. The van der Waals surface area contributed by atoms with Crippen LogP contribution < -0.4 is 0 Å². The van der Waals surface area contributed by atoms with E-state index in [1.54, 1.807) is 41.7 Å². The molecule has 16 nitrogen and oxygen atoms in total. The first-order valence-corrected chi connectivity index (χ1v) is 22.0.